The molecule has 0 amide bonds. The van der Waals surface area contributed by atoms with Crippen molar-refractivity contribution < 1.29 is 4.74 Å². The standard InChI is InChI=1S/C15H20N4O/c1-10-7-12(19(2)18-10)9-13(17-16)15-8-11-5-3-4-6-14(11)20-15/h3-7,13,15,17H,8-9,16H2,1-2H3. The van der Waals surface area contributed by atoms with Crippen LogP contribution in [-0.2, 0) is 19.9 Å². The molecule has 0 radical (unpaired) electrons. The average molecular weight is 272 g/mol. The fourth-order valence-electron chi connectivity index (χ4n) is 2.81. The Morgan fingerprint density at radius 3 is 2.95 bits per heavy atom. The summed E-state index contributed by atoms with van der Waals surface area (Å²) in [6.07, 6.45) is 1.75. The van der Waals surface area contributed by atoms with Crippen molar-refractivity contribution in [1.82, 2.24) is 15.2 Å². The van der Waals surface area contributed by atoms with Gasteiger partial charge < -0.3 is 4.74 Å². The van der Waals surface area contributed by atoms with Crippen molar-refractivity contribution in [2.24, 2.45) is 12.9 Å². The number of rotatable bonds is 4. The van der Waals surface area contributed by atoms with Crippen LogP contribution in [0.15, 0.2) is 30.3 Å². The maximum Gasteiger partial charge on any atom is 0.123 e. The van der Waals surface area contributed by atoms with Crippen LogP contribution < -0.4 is 16.0 Å². The molecule has 2 unspecified atom stereocenters. The molecule has 2 aromatic rings. The Labute approximate surface area is 118 Å². The molecule has 5 heteroatoms. The van der Waals surface area contributed by atoms with Gasteiger partial charge >= 0.3 is 0 Å². The second-order valence-corrected chi connectivity index (χ2v) is 5.35. The predicted molar refractivity (Wildman–Crippen MR) is 77.3 cm³/mol. The Kier molecular flexibility index (Phi) is 3.46. The summed E-state index contributed by atoms with van der Waals surface area (Å²) in [7, 11) is 1.96. The van der Waals surface area contributed by atoms with Gasteiger partial charge in [-0.15, -0.1) is 0 Å². The highest BCUT2D eigenvalue weighted by Crippen LogP contribution is 2.30. The molecule has 0 saturated heterocycles. The summed E-state index contributed by atoms with van der Waals surface area (Å²) in [5.74, 6) is 6.70. The quantitative estimate of drug-likeness (QED) is 0.646. The van der Waals surface area contributed by atoms with Crippen molar-refractivity contribution in [2.45, 2.75) is 31.9 Å². The van der Waals surface area contributed by atoms with Gasteiger partial charge in [-0.1, -0.05) is 18.2 Å². The zero-order valence-corrected chi connectivity index (χ0v) is 11.8. The van der Waals surface area contributed by atoms with Gasteiger partial charge in [0, 0.05) is 25.6 Å². The molecular weight excluding hydrogens is 252 g/mol. The molecule has 2 atom stereocenters. The highest BCUT2D eigenvalue weighted by atomic mass is 16.5. The van der Waals surface area contributed by atoms with Crippen LogP contribution >= 0.6 is 0 Å². The lowest BCUT2D eigenvalue weighted by atomic mass is 10.0. The predicted octanol–water partition coefficient (Wildman–Crippen LogP) is 1.11. The van der Waals surface area contributed by atoms with Crippen LogP contribution in [0.1, 0.15) is 17.0 Å². The van der Waals surface area contributed by atoms with Crippen molar-refractivity contribution in [2.75, 3.05) is 0 Å². The summed E-state index contributed by atoms with van der Waals surface area (Å²) >= 11 is 0. The number of aromatic nitrogens is 2. The van der Waals surface area contributed by atoms with Crippen molar-refractivity contribution >= 4 is 0 Å². The number of aryl methyl sites for hydroxylation is 2. The second kappa shape index (κ2) is 5.26. The summed E-state index contributed by atoms with van der Waals surface area (Å²) in [4.78, 5) is 0. The number of nitrogens with zero attached hydrogens (tertiary/aromatic N) is 2. The molecule has 106 valence electrons. The van der Waals surface area contributed by atoms with Crippen LogP contribution in [0.4, 0.5) is 0 Å². The van der Waals surface area contributed by atoms with Gasteiger partial charge in [0.15, 0.2) is 0 Å². The third-order valence-electron chi connectivity index (χ3n) is 3.86. The first-order chi connectivity index (χ1) is 9.67. The molecule has 3 N–H and O–H groups in total. The summed E-state index contributed by atoms with van der Waals surface area (Å²) < 4.78 is 7.91. The Balaban J connectivity index is 1.74. The molecule has 0 saturated carbocycles. The second-order valence-electron chi connectivity index (χ2n) is 5.35. The van der Waals surface area contributed by atoms with E-state index in [9.17, 15) is 0 Å². The number of hydrogen-bond acceptors (Lipinski definition) is 4. The summed E-state index contributed by atoms with van der Waals surface area (Å²) in [6.45, 7) is 2.00. The van der Waals surface area contributed by atoms with E-state index in [1.54, 1.807) is 0 Å². The number of benzene rings is 1. The number of nitrogens with two attached hydrogens (primary N) is 1. The first kappa shape index (κ1) is 13.1. The van der Waals surface area contributed by atoms with Crippen LogP contribution in [0.5, 0.6) is 5.75 Å². The first-order valence-corrected chi connectivity index (χ1v) is 6.87. The summed E-state index contributed by atoms with van der Waals surface area (Å²) in [5, 5.41) is 4.37. The zero-order valence-electron chi connectivity index (χ0n) is 11.8. The van der Waals surface area contributed by atoms with E-state index >= 15 is 0 Å². The molecule has 3 rings (SSSR count). The van der Waals surface area contributed by atoms with Crippen molar-refractivity contribution in [3.63, 3.8) is 0 Å². The van der Waals surface area contributed by atoms with E-state index in [4.69, 9.17) is 10.6 Å². The van der Waals surface area contributed by atoms with Crippen LogP contribution in [0.25, 0.3) is 0 Å². The fraction of sp³-hybridized carbons (Fsp3) is 0.400. The highest BCUT2D eigenvalue weighted by molar-refractivity contribution is 5.37. The zero-order chi connectivity index (χ0) is 14.1. The lowest BCUT2D eigenvalue weighted by molar-refractivity contribution is 0.176. The van der Waals surface area contributed by atoms with Gasteiger partial charge in [0.1, 0.15) is 11.9 Å². The van der Waals surface area contributed by atoms with E-state index in [2.05, 4.69) is 22.7 Å². The minimum atomic E-state index is 0.0626. The summed E-state index contributed by atoms with van der Waals surface area (Å²) in [5.41, 5.74) is 6.33. The maximum atomic E-state index is 6.01. The van der Waals surface area contributed by atoms with Gasteiger partial charge in [0.25, 0.3) is 0 Å². The van der Waals surface area contributed by atoms with Crippen molar-refractivity contribution in [3.05, 3.63) is 47.3 Å². The number of ether oxygens (including phenoxy) is 1. The molecule has 0 aliphatic carbocycles. The van der Waals surface area contributed by atoms with Crippen LogP contribution in [0.3, 0.4) is 0 Å². The molecule has 5 nitrogen and oxygen atoms in total. The molecule has 1 aliphatic rings. The molecule has 0 fully saturated rings. The van der Waals surface area contributed by atoms with E-state index < -0.39 is 0 Å². The monoisotopic (exact) mass is 272 g/mol. The lowest BCUT2D eigenvalue weighted by Crippen LogP contribution is -2.47. The number of hydrazine groups is 1. The summed E-state index contributed by atoms with van der Waals surface area (Å²) in [6, 6.07) is 10.3. The largest absolute Gasteiger partial charge is 0.488 e. The minimum Gasteiger partial charge on any atom is -0.488 e. The normalized spacial score (nSPS) is 18.6. The van der Waals surface area contributed by atoms with Crippen molar-refractivity contribution in [1.29, 1.82) is 0 Å². The van der Waals surface area contributed by atoms with Gasteiger partial charge in [-0.05, 0) is 24.6 Å². The van der Waals surface area contributed by atoms with Crippen LogP contribution in [0.2, 0.25) is 0 Å². The van der Waals surface area contributed by atoms with Crippen LogP contribution in [-0.4, -0.2) is 21.9 Å². The van der Waals surface area contributed by atoms with Gasteiger partial charge in [-0.2, -0.15) is 5.10 Å². The molecule has 1 aliphatic heterocycles. The SMILES string of the molecule is Cc1cc(CC(NN)C2Cc3ccccc3O2)n(C)n1. The fourth-order valence-corrected chi connectivity index (χ4v) is 2.81. The van der Waals surface area contributed by atoms with E-state index in [-0.39, 0.29) is 12.1 Å². The van der Waals surface area contributed by atoms with E-state index in [1.165, 1.54) is 5.56 Å². The lowest BCUT2D eigenvalue weighted by Gasteiger charge is -2.22. The van der Waals surface area contributed by atoms with Crippen molar-refractivity contribution in [3.8, 4) is 5.75 Å². The van der Waals surface area contributed by atoms with E-state index in [1.807, 2.05) is 36.9 Å². The number of fused-ring (bicyclic) bond motifs is 1. The molecule has 0 bridgehead atoms. The van der Waals surface area contributed by atoms with Gasteiger partial charge in [-0.3, -0.25) is 16.0 Å². The molecule has 20 heavy (non-hydrogen) atoms. The Morgan fingerprint density at radius 1 is 1.50 bits per heavy atom. The molecule has 1 aromatic heterocycles. The first-order valence-electron chi connectivity index (χ1n) is 6.87. The van der Waals surface area contributed by atoms with Gasteiger partial charge in [0.2, 0.25) is 0 Å². The highest BCUT2D eigenvalue weighted by Gasteiger charge is 2.30. The Morgan fingerprint density at radius 2 is 2.30 bits per heavy atom. The van der Waals surface area contributed by atoms with Gasteiger partial charge in [0.05, 0.1) is 11.7 Å². The Hall–Kier alpha value is -1.85. The van der Waals surface area contributed by atoms with Gasteiger partial charge in [-0.25, -0.2) is 0 Å². The maximum absolute atomic E-state index is 6.01. The molecule has 2 heterocycles. The third-order valence-corrected chi connectivity index (χ3v) is 3.86. The smallest absolute Gasteiger partial charge is 0.123 e. The third kappa shape index (κ3) is 2.42. The van der Waals surface area contributed by atoms with E-state index in [0.717, 1.165) is 30.0 Å². The molecular formula is C15H20N4O. The number of para-hydroxylation sites is 1. The average Bonchev–Trinajstić information content (AvgIpc) is 2.99. The topological polar surface area (TPSA) is 65.1 Å². The number of nitrogens with one attached hydrogen (secondary N) is 1. The molecule has 0 spiro atoms. The van der Waals surface area contributed by atoms with E-state index in [0.29, 0.717) is 0 Å². The minimum absolute atomic E-state index is 0.0626. The van der Waals surface area contributed by atoms with Crippen LogP contribution in [0, 0.1) is 6.92 Å². The molecule has 1 aromatic carbocycles. The Bertz CT molecular complexity index is 583. The number of hydrogen-bond donors (Lipinski definition) is 2.